The van der Waals surface area contributed by atoms with E-state index in [1.807, 2.05) is 19.9 Å². The van der Waals surface area contributed by atoms with Crippen LogP contribution in [0.1, 0.15) is 24.1 Å². The zero-order valence-electron chi connectivity index (χ0n) is 10.7. The lowest BCUT2D eigenvalue weighted by molar-refractivity contribution is 0.621. The molecule has 0 heterocycles. The van der Waals surface area contributed by atoms with Crippen LogP contribution in [0.5, 0.6) is 0 Å². The molecular weight excluding hydrogens is 268 g/mol. The molecule has 2 aromatic rings. The van der Waals surface area contributed by atoms with Crippen LogP contribution in [-0.2, 0) is 0 Å². The van der Waals surface area contributed by atoms with E-state index in [4.69, 9.17) is 11.6 Å². The van der Waals surface area contributed by atoms with Gasteiger partial charge < -0.3 is 5.32 Å². The van der Waals surface area contributed by atoms with Gasteiger partial charge in [-0.2, -0.15) is 0 Å². The Morgan fingerprint density at radius 3 is 2.42 bits per heavy atom. The number of hydrogen-bond donors (Lipinski definition) is 1. The third-order valence-corrected chi connectivity index (χ3v) is 3.25. The largest absolute Gasteiger partial charge is 0.376 e. The number of halogens is 3. The molecule has 0 amide bonds. The molecule has 2 rings (SSSR count). The Morgan fingerprint density at radius 1 is 1.05 bits per heavy atom. The topological polar surface area (TPSA) is 12.0 Å². The molecular formula is C15H14ClF2N. The number of aryl methyl sites for hydroxylation is 1. The summed E-state index contributed by atoms with van der Waals surface area (Å²) in [6.07, 6.45) is 0. The third kappa shape index (κ3) is 3.24. The highest BCUT2D eigenvalue weighted by molar-refractivity contribution is 6.30. The van der Waals surface area contributed by atoms with Crippen LogP contribution in [0.15, 0.2) is 36.4 Å². The van der Waals surface area contributed by atoms with Gasteiger partial charge in [-0.1, -0.05) is 23.7 Å². The SMILES string of the molecule is Cc1ccc(NC(C)c2ccc(Cl)c(F)c2)c(F)c1. The number of anilines is 1. The Kier molecular flexibility index (Phi) is 4.05. The van der Waals surface area contributed by atoms with Crippen molar-refractivity contribution in [3.05, 3.63) is 64.2 Å². The summed E-state index contributed by atoms with van der Waals surface area (Å²) in [7, 11) is 0. The summed E-state index contributed by atoms with van der Waals surface area (Å²) in [5.74, 6) is -0.793. The normalized spacial score (nSPS) is 12.3. The molecule has 1 unspecified atom stereocenters. The molecule has 1 nitrogen and oxygen atoms in total. The maximum Gasteiger partial charge on any atom is 0.146 e. The van der Waals surface area contributed by atoms with Crippen molar-refractivity contribution in [2.24, 2.45) is 0 Å². The number of hydrogen-bond acceptors (Lipinski definition) is 1. The molecule has 1 N–H and O–H groups in total. The molecule has 0 saturated heterocycles. The minimum atomic E-state index is -0.475. The van der Waals surface area contributed by atoms with Crippen molar-refractivity contribution in [3.8, 4) is 0 Å². The van der Waals surface area contributed by atoms with Gasteiger partial charge in [0.2, 0.25) is 0 Å². The second kappa shape index (κ2) is 5.57. The van der Waals surface area contributed by atoms with Gasteiger partial charge >= 0.3 is 0 Å². The molecule has 0 bridgehead atoms. The predicted molar refractivity (Wildman–Crippen MR) is 74.6 cm³/mol. The highest BCUT2D eigenvalue weighted by Crippen LogP contribution is 2.25. The van der Waals surface area contributed by atoms with Crippen LogP contribution in [0.3, 0.4) is 0 Å². The summed E-state index contributed by atoms with van der Waals surface area (Å²) < 4.78 is 27.1. The molecule has 0 aromatic heterocycles. The standard InChI is InChI=1S/C15H14ClF2N/c1-9-3-6-15(14(18)7-9)19-10(2)11-4-5-12(16)13(17)8-11/h3-8,10,19H,1-2H3. The van der Waals surface area contributed by atoms with Gasteiger partial charge in [0.05, 0.1) is 10.7 Å². The van der Waals surface area contributed by atoms with Gasteiger partial charge in [-0.05, 0) is 49.2 Å². The van der Waals surface area contributed by atoms with E-state index in [2.05, 4.69) is 5.32 Å². The maximum atomic E-state index is 13.7. The first-order valence-corrected chi connectivity index (χ1v) is 6.33. The van der Waals surface area contributed by atoms with Gasteiger partial charge in [0.1, 0.15) is 11.6 Å². The van der Waals surface area contributed by atoms with Crippen molar-refractivity contribution < 1.29 is 8.78 Å². The Morgan fingerprint density at radius 2 is 1.79 bits per heavy atom. The molecule has 19 heavy (non-hydrogen) atoms. The van der Waals surface area contributed by atoms with Gasteiger partial charge in [-0.25, -0.2) is 8.78 Å². The first-order chi connectivity index (χ1) is 8.97. The van der Waals surface area contributed by atoms with Crippen molar-refractivity contribution in [1.29, 1.82) is 0 Å². The van der Waals surface area contributed by atoms with Crippen LogP contribution in [0, 0.1) is 18.6 Å². The summed E-state index contributed by atoms with van der Waals surface area (Å²) in [5, 5.41) is 3.10. The van der Waals surface area contributed by atoms with E-state index in [1.54, 1.807) is 12.1 Å². The smallest absolute Gasteiger partial charge is 0.146 e. The second-order valence-electron chi connectivity index (χ2n) is 4.52. The van der Waals surface area contributed by atoms with E-state index >= 15 is 0 Å². The lowest BCUT2D eigenvalue weighted by atomic mass is 10.1. The molecule has 0 fully saturated rings. The zero-order valence-corrected chi connectivity index (χ0v) is 11.4. The predicted octanol–water partition coefficient (Wildman–Crippen LogP) is 5.10. The van der Waals surface area contributed by atoms with E-state index in [0.29, 0.717) is 11.3 Å². The highest BCUT2D eigenvalue weighted by Gasteiger charge is 2.10. The summed E-state index contributed by atoms with van der Waals surface area (Å²) in [6.45, 7) is 3.66. The van der Waals surface area contributed by atoms with Crippen LogP contribution >= 0.6 is 11.6 Å². The molecule has 2 aromatic carbocycles. The summed E-state index contributed by atoms with van der Waals surface area (Å²) in [5.41, 5.74) is 1.96. The summed E-state index contributed by atoms with van der Waals surface area (Å²) >= 11 is 5.63. The molecule has 0 spiro atoms. The monoisotopic (exact) mass is 281 g/mol. The first-order valence-electron chi connectivity index (χ1n) is 5.95. The van der Waals surface area contributed by atoms with Crippen molar-refractivity contribution in [3.63, 3.8) is 0 Å². The molecule has 0 saturated carbocycles. The van der Waals surface area contributed by atoms with Crippen LogP contribution in [0.2, 0.25) is 5.02 Å². The molecule has 0 aliphatic heterocycles. The van der Waals surface area contributed by atoms with Crippen LogP contribution in [0.25, 0.3) is 0 Å². The van der Waals surface area contributed by atoms with E-state index in [0.717, 1.165) is 5.56 Å². The van der Waals surface area contributed by atoms with Gasteiger partial charge in [0.15, 0.2) is 0 Å². The average Bonchev–Trinajstić information content (AvgIpc) is 2.36. The maximum absolute atomic E-state index is 13.7. The minimum absolute atomic E-state index is 0.0810. The van der Waals surface area contributed by atoms with E-state index in [9.17, 15) is 8.78 Å². The molecule has 0 aliphatic rings. The third-order valence-electron chi connectivity index (χ3n) is 2.94. The lowest BCUT2D eigenvalue weighted by Crippen LogP contribution is -2.08. The highest BCUT2D eigenvalue weighted by atomic mass is 35.5. The fourth-order valence-electron chi connectivity index (χ4n) is 1.84. The van der Waals surface area contributed by atoms with Crippen LogP contribution < -0.4 is 5.32 Å². The summed E-state index contributed by atoms with van der Waals surface area (Å²) in [4.78, 5) is 0. The fourth-order valence-corrected chi connectivity index (χ4v) is 1.95. The van der Waals surface area contributed by atoms with Crippen molar-refractivity contribution in [2.75, 3.05) is 5.32 Å². The van der Waals surface area contributed by atoms with Gasteiger partial charge in [-0.3, -0.25) is 0 Å². The Bertz CT molecular complexity index is 599. The van der Waals surface area contributed by atoms with E-state index in [-0.39, 0.29) is 16.9 Å². The fraction of sp³-hybridized carbons (Fsp3) is 0.200. The molecule has 0 radical (unpaired) electrons. The molecule has 1 atom stereocenters. The van der Waals surface area contributed by atoms with E-state index < -0.39 is 5.82 Å². The van der Waals surface area contributed by atoms with Crippen molar-refractivity contribution >= 4 is 17.3 Å². The number of benzene rings is 2. The second-order valence-corrected chi connectivity index (χ2v) is 4.93. The number of nitrogens with one attached hydrogen (secondary N) is 1. The molecule has 100 valence electrons. The quantitative estimate of drug-likeness (QED) is 0.825. The Hall–Kier alpha value is -1.61. The summed E-state index contributed by atoms with van der Waals surface area (Å²) in [6, 6.07) is 9.30. The average molecular weight is 282 g/mol. The van der Waals surface area contributed by atoms with Crippen LogP contribution in [-0.4, -0.2) is 0 Å². The van der Waals surface area contributed by atoms with Gasteiger partial charge in [-0.15, -0.1) is 0 Å². The number of rotatable bonds is 3. The molecule has 4 heteroatoms. The minimum Gasteiger partial charge on any atom is -0.376 e. The van der Waals surface area contributed by atoms with Crippen molar-refractivity contribution in [1.82, 2.24) is 0 Å². The zero-order chi connectivity index (χ0) is 14.0. The first kappa shape index (κ1) is 13.8. The Labute approximate surface area is 116 Å². The van der Waals surface area contributed by atoms with Gasteiger partial charge in [0.25, 0.3) is 0 Å². The van der Waals surface area contributed by atoms with Gasteiger partial charge in [0, 0.05) is 6.04 Å². The van der Waals surface area contributed by atoms with E-state index in [1.165, 1.54) is 18.2 Å². The van der Waals surface area contributed by atoms with Crippen LogP contribution in [0.4, 0.5) is 14.5 Å². The lowest BCUT2D eigenvalue weighted by Gasteiger charge is -2.17. The Balaban J connectivity index is 2.20. The van der Waals surface area contributed by atoms with Crippen molar-refractivity contribution in [2.45, 2.75) is 19.9 Å². The molecule has 0 aliphatic carbocycles.